The molecule has 1 N–H and O–H groups in total. The van der Waals surface area contributed by atoms with Crippen molar-refractivity contribution in [2.24, 2.45) is 0 Å². The third-order valence-corrected chi connectivity index (χ3v) is 4.70. The maximum absolute atomic E-state index is 12.3. The number of carbonyl (C=O) groups is 1. The highest BCUT2D eigenvalue weighted by atomic mass is 32.2. The molecular weight excluding hydrogens is 330 g/mol. The third-order valence-electron chi connectivity index (χ3n) is 3.08. The molecule has 0 unspecified atom stereocenters. The van der Waals surface area contributed by atoms with Crippen LogP contribution < -0.4 is 5.32 Å². The van der Waals surface area contributed by atoms with E-state index in [0.717, 1.165) is 5.56 Å². The van der Waals surface area contributed by atoms with E-state index >= 15 is 0 Å². The number of amides is 1. The fourth-order valence-corrected chi connectivity index (χ4v) is 3.73. The summed E-state index contributed by atoms with van der Waals surface area (Å²) in [7, 11) is -3.81. The molecule has 1 aromatic carbocycles. The fourth-order valence-electron chi connectivity index (χ4n) is 2.37. The summed E-state index contributed by atoms with van der Waals surface area (Å²) >= 11 is 0. The Morgan fingerprint density at radius 1 is 1.12 bits per heavy atom. The van der Waals surface area contributed by atoms with Gasteiger partial charge < -0.3 is 10.1 Å². The number of alkyl carbamates (subject to hydrolysis) is 1. The summed E-state index contributed by atoms with van der Waals surface area (Å²) in [6.07, 6.45) is -0.168. The minimum Gasteiger partial charge on any atom is -0.444 e. The van der Waals surface area contributed by atoms with E-state index in [9.17, 15) is 13.2 Å². The lowest BCUT2D eigenvalue weighted by atomic mass is 10.1. The summed E-state index contributed by atoms with van der Waals surface area (Å²) in [5.74, 6) is 0. The summed E-state index contributed by atoms with van der Waals surface area (Å²) in [5.41, 5.74) is 1.77. The van der Waals surface area contributed by atoms with Gasteiger partial charge in [-0.15, -0.1) is 0 Å². The standard InChI is InChI=1S/C17H27NO5S/c1-12-10-13(2)15(14(3)11-12)24(20,21)22-9-7-8-18-16(19)23-17(4,5)6/h10-11H,7-9H2,1-6H3,(H,18,19). The van der Waals surface area contributed by atoms with Crippen molar-refractivity contribution in [1.29, 1.82) is 0 Å². The minimum atomic E-state index is -3.81. The Labute approximate surface area is 144 Å². The highest BCUT2D eigenvalue weighted by molar-refractivity contribution is 7.86. The second kappa shape index (κ2) is 7.98. The van der Waals surface area contributed by atoms with E-state index in [0.29, 0.717) is 17.5 Å². The summed E-state index contributed by atoms with van der Waals surface area (Å²) in [6, 6.07) is 3.63. The minimum absolute atomic E-state index is 0.00904. The number of hydrogen-bond donors (Lipinski definition) is 1. The van der Waals surface area contributed by atoms with Crippen molar-refractivity contribution >= 4 is 16.2 Å². The van der Waals surface area contributed by atoms with Crippen molar-refractivity contribution in [1.82, 2.24) is 5.32 Å². The Hall–Kier alpha value is -1.60. The summed E-state index contributed by atoms with van der Waals surface area (Å²) in [5, 5.41) is 2.56. The predicted molar refractivity (Wildman–Crippen MR) is 92.6 cm³/mol. The Kier molecular flexibility index (Phi) is 6.80. The van der Waals surface area contributed by atoms with Gasteiger partial charge in [-0.3, -0.25) is 4.18 Å². The van der Waals surface area contributed by atoms with Gasteiger partial charge in [-0.2, -0.15) is 8.42 Å². The normalized spacial score (nSPS) is 12.1. The maximum Gasteiger partial charge on any atom is 0.407 e. The van der Waals surface area contributed by atoms with Gasteiger partial charge in [0.1, 0.15) is 5.60 Å². The molecule has 24 heavy (non-hydrogen) atoms. The van der Waals surface area contributed by atoms with Crippen molar-refractivity contribution in [2.75, 3.05) is 13.2 Å². The van der Waals surface area contributed by atoms with Gasteiger partial charge in [0, 0.05) is 6.54 Å². The molecule has 0 aliphatic heterocycles. The van der Waals surface area contributed by atoms with Crippen LogP contribution in [0.5, 0.6) is 0 Å². The second-order valence-corrected chi connectivity index (χ2v) is 8.34. The first-order valence-corrected chi connectivity index (χ1v) is 9.27. The molecule has 0 radical (unpaired) electrons. The smallest absolute Gasteiger partial charge is 0.407 e. The molecule has 0 saturated carbocycles. The highest BCUT2D eigenvalue weighted by Gasteiger charge is 2.21. The van der Waals surface area contributed by atoms with Crippen LogP contribution in [-0.2, 0) is 19.0 Å². The fraction of sp³-hybridized carbons (Fsp3) is 0.588. The van der Waals surface area contributed by atoms with Crippen LogP contribution in [-0.4, -0.2) is 33.3 Å². The van der Waals surface area contributed by atoms with Crippen LogP contribution in [0.1, 0.15) is 43.9 Å². The van der Waals surface area contributed by atoms with E-state index < -0.39 is 21.8 Å². The Morgan fingerprint density at radius 2 is 1.67 bits per heavy atom. The number of hydrogen-bond acceptors (Lipinski definition) is 5. The second-order valence-electron chi connectivity index (χ2n) is 6.79. The molecule has 1 amide bonds. The van der Waals surface area contributed by atoms with E-state index in [2.05, 4.69) is 5.32 Å². The predicted octanol–water partition coefficient (Wildman–Crippen LogP) is 3.23. The molecule has 0 aliphatic rings. The van der Waals surface area contributed by atoms with E-state index in [1.807, 2.05) is 19.1 Å². The van der Waals surface area contributed by atoms with Gasteiger partial charge >= 0.3 is 6.09 Å². The zero-order chi connectivity index (χ0) is 18.5. The number of rotatable bonds is 6. The molecular formula is C17H27NO5S. The Bertz CT molecular complexity index is 666. The van der Waals surface area contributed by atoms with Gasteiger partial charge in [-0.25, -0.2) is 4.79 Å². The van der Waals surface area contributed by atoms with Crippen LogP contribution in [0.3, 0.4) is 0 Å². The van der Waals surface area contributed by atoms with Gasteiger partial charge in [0.05, 0.1) is 11.5 Å². The van der Waals surface area contributed by atoms with E-state index in [1.165, 1.54) is 0 Å². The van der Waals surface area contributed by atoms with E-state index in [4.69, 9.17) is 8.92 Å². The quantitative estimate of drug-likeness (QED) is 0.624. The molecule has 7 heteroatoms. The SMILES string of the molecule is Cc1cc(C)c(S(=O)(=O)OCCCNC(=O)OC(C)(C)C)c(C)c1. The van der Waals surface area contributed by atoms with Crippen molar-refractivity contribution in [2.45, 2.75) is 58.5 Å². The van der Waals surface area contributed by atoms with Crippen LogP contribution in [0.25, 0.3) is 0 Å². The van der Waals surface area contributed by atoms with Gasteiger partial charge in [-0.05, 0) is 59.1 Å². The average molecular weight is 357 g/mol. The van der Waals surface area contributed by atoms with Crippen molar-refractivity contribution in [3.8, 4) is 0 Å². The molecule has 1 aromatic rings. The van der Waals surface area contributed by atoms with Gasteiger partial charge in [0.25, 0.3) is 10.1 Å². The Balaban J connectivity index is 2.52. The lowest BCUT2D eigenvalue weighted by Crippen LogP contribution is -2.33. The van der Waals surface area contributed by atoms with Crippen molar-refractivity contribution < 1.29 is 22.1 Å². The largest absolute Gasteiger partial charge is 0.444 e. The number of nitrogens with one attached hydrogen (secondary N) is 1. The van der Waals surface area contributed by atoms with Crippen LogP contribution in [0, 0.1) is 20.8 Å². The highest BCUT2D eigenvalue weighted by Crippen LogP contribution is 2.23. The molecule has 0 saturated heterocycles. The maximum atomic E-state index is 12.3. The van der Waals surface area contributed by atoms with E-state index in [1.54, 1.807) is 34.6 Å². The Morgan fingerprint density at radius 3 is 2.17 bits per heavy atom. The molecule has 6 nitrogen and oxygen atoms in total. The topological polar surface area (TPSA) is 81.7 Å². The summed E-state index contributed by atoms with van der Waals surface area (Å²) < 4.78 is 34.8. The number of carbonyl (C=O) groups excluding carboxylic acids is 1. The van der Waals surface area contributed by atoms with Gasteiger partial charge in [-0.1, -0.05) is 17.7 Å². The number of ether oxygens (including phenoxy) is 1. The third kappa shape index (κ3) is 6.49. The zero-order valence-electron chi connectivity index (χ0n) is 15.2. The number of aryl methyl sites for hydroxylation is 3. The molecule has 1 rings (SSSR count). The van der Waals surface area contributed by atoms with E-state index in [-0.39, 0.29) is 18.0 Å². The molecule has 136 valence electrons. The first-order chi connectivity index (χ1) is 10.9. The lowest BCUT2D eigenvalue weighted by molar-refractivity contribution is 0.0526. The molecule has 0 atom stereocenters. The van der Waals surface area contributed by atoms with Crippen LogP contribution in [0.4, 0.5) is 4.79 Å². The van der Waals surface area contributed by atoms with Crippen LogP contribution in [0.15, 0.2) is 17.0 Å². The molecule has 0 heterocycles. The molecule has 0 fully saturated rings. The first-order valence-electron chi connectivity index (χ1n) is 7.86. The zero-order valence-corrected chi connectivity index (χ0v) is 16.0. The lowest BCUT2D eigenvalue weighted by Gasteiger charge is -2.19. The molecule has 0 spiro atoms. The number of benzene rings is 1. The monoisotopic (exact) mass is 357 g/mol. The summed E-state index contributed by atoms with van der Waals surface area (Å²) in [4.78, 5) is 11.7. The average Bonchev–Trinajstić information content (AvgIpc) is 2.33. The summed E-state index contributed by atoms with van der Waals surface area (Å²) in [6.45, 7) is 11.0. The van der Waals surface area contributed by atoms with Crippen LogP contribution in [0.2, 0.25) is 0 Å². The van der Waals surface area contributed by atoms with Gasteiger partial charge in [0.2, 0.25) is 0 Å². The van der Waals surface area contributed by atoms with Crippen LogP contribution >= 0.6 is 0 Å². The molecule has 0 aliphatic carbocycles. The first kappa shape index (κ1) is 20.4. The van der Waals surface area contributed by atoms with Crippen molar-refractivity contribution in [3.05, 3.63) is 28.8 Å². The van der Waals surface area contributed by atoms with Gasteiger partial charge in [0.15, 0.2) is 0 Å². The van der Waals surface area contributed by atoms with Crippen molar-refractivity contribution in [3.63, 3.8) is 0 Å². The molecule has 0 aromatic heterocycles. The molecule has 0 bridgehead atoms.